The Hall–Kier alpha value is -2.99. The Balaban J connectivity index is 1.24. The van der Waals surface area contributed by atoms with Gasteiger partial charge in [-0.25, -0.2) is 0 Å². The number of pyridine rings is 1. The van der Waals surface area contributed by atoms with Crippen molar-refractivity contribution < 1.29 is 9.32 Å². The van der Waals surface area contributed by atoms with E-state index in [1.165, 1.54) is 5.56 Å². The molecule has 2 aromatic heterocycles. The highest BCUT2D eigenvalue weighted by Gasteiger charge is 2.55. The maximum Gasteiger partial charge on any atom is 0.235 e. The van der Waals surface area contributed by atoms with Gasteiger partial charge in [-0.05, 0) is 24.5 Å². The van der Waals surface area contributed by atoms with E-state index < -0.39 is 5.41 Å². The number of hydrogen-bond donors (Lipinski definition) is 0. The molecule has 0 unspecified atom stereocenters. The molecule has 5 rings (SSSR count). The van der Waals surface area contributed by atoms with Crippen molar-refractivity contribution >= 4 is 5.91 Å². The molecule has 1 aliphatic heterocycles. The standard InChI is InChI=1S/C23H24N4O2/c28-22(27-13-11-26(12-14-27)17-18-5-4-10-24-16-18)23(8-9-23)21-15-20(29-25-21)19-6-2-1-3-7-19/h1-7,10,15-16H,8-9,11-14,17H2. The van der Waals surface area contributed by atoms with Crippen LogP contribution in [-0.2, 0) is 16.8 Å². The average Bonchev–Trinajstić information content (AvgIpc) is 3.44. The van der Waals surface area contributed by atoms with Crippen molar-refractivity contribution in [2.75, 3.05) is 26.2 Å². The summed E-state index contributed by atoms with van der Waals surface area (Å²) in [5.74, 6) is 0.924. The van der Waals surface area contributed by atoms with E-state index in [1.807, 2.05) is 53.6 Å². The van der Waals surface area contributed by atoms with Crippen LogP contribution in [0.5, 0.6) is 0 Å². The second-order valence-corrected chi connectivity index (χ2v) is 7.95. The molecule has 1 aliphatic carbocycles. The summed E-state index contributed by atoms with van der Waals surface area (Å²) < 4.78 is 5.56. The number of benzene rings is 1. The van der Waals surface area contributed by atoms with E-state index in [0.717, 1.165) is 62.6 Å². The summed E-state index contributed by atoms with van der Waals surface area (Å²) in [7, 11) is 0. The molecule has 3 aromatic rings. The molecular formula is C23H24N4O2. The van der Waals surface area contributed by atoms with Crippen LogP contribution in [0.25, 0.3) is 11.3 Å². The predicted molar refractivity (Wildman–Crippen MR) is 109 cm³/mol. The van der Waals surface area contributed by atoms with Crippen molar-refractivity contribution in [1.82, 2.24) is 19.9 Å². The van der Waals surface area contributed by atoms with Crippen LogP contribution in [0.1, 0.15) is 24.1 Å². The number of hydrogen-bond acceptors (Lipinski definition) is 5. The van der Waals surface area contributed by atoms with Crippen molar-refractivity contribution in [3.8, 4) is 11.3 Å². The molecule has 0 N–H and O–H groups in total. The van der Waals surface area contributed by atoms with Gasteiger partial charge in [0, 0.05) is 56.7 Å². The van der Waals surface area contributed by atoms with Crippen molar-refractivity contribution in [1.29, 1.82) is 0 Å². The van der Waals surface area contributed by atoms with Crippen molar-refractivity contribution in [3.63, 3.8) is 0 Å². The Morgan fingerprint density at radius 2 is 1.83 bits per heavy atom. The summed E-state index contributed by atoms with van der Waals surface area (Å²) in [6.07, 6.45) is 5.40. The second kappa shape index (κ2) is 7.44. The highest BCUT2D eigenvalue weighted by atomic mass is 16.5. The largest absolute Gasteiger partial charge is 0.356 e. The maximum atomic E-state index is 13.3. The highest BCUT2D eigenvalue weighted by molar-refractivity contribution is 5.91. The molecule has 6 heteroatoms. The first kappa shape index (κ1) is 18.1. The van der Waals surface area contributed by atoms with Crippen LogP contribution in [0.2, 0.25) is 0 Å². The molecule has 0 radical (unpaired) electrons. The minimum atomic E-state index is -0.484. The van der Waals surface area contributed by atoms with Crippen molar-refractivity contribution in [2.24, 2.45) is 0 Å². The number of piperazine rings is 1. The first-order valence-corrected chi connectivity index (χ1v) is 10.2. The molecule has 0 spiro atoms. The fourth-order valence-electron chi connectivity index (χ4n) is 4.11. The molecule has 1 saturated heterocycles. The van der Waals surface area contributed by atoms with E-state index in [0.29, 0.717) is 0 Å². The molecule has 1 amide bonds. The van der Waals surface area contributed by atoms with Gasteiger partial charge in [0.05, 0.1) is 11.1 Å². The van der Waals surface area contributed by atoms with Crippen LogP contribution in [-0.4, -0.2) is 52.0 Å². The van der Waals surface area contributed by atoms with Crippen molar-refractivity contribution in [3.05, 3.63) is 72.2 Å². The summed E-state index contributed by atoms with van der Waals surface area (Å²) in [5.41, 5.74) is 2.49. The van der Waals surface area contributed by atoms with Crippen LogP contribution in [0.15, 0.2) is 65.4 Å². The van der Waals surface area contributed by atoms with Crippen LogP contribution < -0.4 is 0 Å². The zero-order chi connectivity index (χ0) is 19.7. The van der Waals surface area contributed by atoms with Crippen LogP contribution in [0, 0.1) is 0 Å². The van der Waals surface area contributed by atoms with E-state index in [1.54, 1.807) is 6.20 Å². The summed E-state index contributed by atoms with van der Waals surface area (Å²) in [5, 5.41) is 4.27. The van der Waals surface area contributed by atoms with Gasteiger partial charge in [-0.1, -0.05) is 41.6 Å². The molecule has 0 bridgehead atoms. The van der Waals surface area contributed by atoms with E-state index in [-0.39, 0.29) is 5.91 Å². The third-order valence-electron chi connectivity index (χ3n) is 6.01. The van der Waals surface area contributed by atoms with E-state index >= 15 is 0 Å². The molecule has 1 saturated carbocycles. The molecule has 29 heavy (non-hydrogen) atoms. The van der Waals surface area contributed by atoms with Gasteiger partial charge in [0.15, 0.2) is 5.76 Å². The van der Waals surface area contributed by atoms with Gasteiger partial charge in [0.25, 0.3) is 0 Å². The van der Waals surface area contributed by atoms with Crippen LogP contribution >= 0.6 is 0 Å². The van der Waals surface area contributed by atoms with Crippen LogP contribution in [0.4, 0.5) is 0 Å². The number of nitrogens with zero attached hydrogens (tertiary/aromatic N) is 4. The lowest BCUT2D eigenvalue weighted by molar-refractivity contribution is -0.136. The van der Waals surface area contributed by atoms with Gasteiger partial charge in [-0.15, -0.1) is 0 Å². The number of carbonyl (C=O) groups is 1. The van der Waals surface area contributed by atoms with Gasteiger partial charge in [0.1, 0.15) is 0 Å². The topological polar surface area (TPSA) is 62.5 Å². The smallest absolute Gasteiger partial charge is 0.235 e. The Morgan fingerprint density at radius 3 is 2.52 bits per heavy atom. The van der Waals surface area contributed by atoms with E-state index in [2.05, 4.69) is 21.1 Å². The summed E-state index contributed by atoms with van der Waals surface area (Å²) >= 11 is 0. The van der Waals surface area contributed by atoms with Gasteiger partial charge in [-0.2, -0.15) is 0 Å². The monoisotopic (exact) mass is 388 g/mol. The van der Waals surface area contributed by atoms with Gasteiger partial charge < -0.3 is 9.42 Å². The molecule has 148 valence electrons. The maximum absolute atomic E-state index is 13.3. The second-order valence-electron chi connectivity index (χ2n) is 7.95. The first-order chi connectivity index (χ1) is 14.2. The third kappa shape index (κ3) is 3.56. The quantitative estimate of drug-likeness (QED) is 0.672. The lowest BCUT2D eigenvalue weighted by Gasteiger charge is -2.36. The summed E-state index contributed by atoms with van der Waals surface area (Å²) in [6, 6.07) is 15.9. The number of rotatable bonds is 5. The normalized spacial score (nSPS) is 18.6. The SMILES string of the molecule is O=C(N1CCN(Cc2cccnc2)CC1)C1(c2cc(-c3ccccc3)on2)CC1. The Morgan fingerprint density at radius 1 is 1.03 bits per heavy atom. The number of carbonyl (C=O) groups excluding carboxylic acids is 1. The minimum Gasteiger partial charge on any atom is -0.356 e. The molecule has 1 aromatic carbocycles. The zero-order valence-electron chi connectivity index (χ0n) is 16.3. The van der Waals surface area contributed by atoms with Crippen molar-refractivity contribution in [2.45, 2.75) is 24.8 Å². The fourth-order valence-corrected chi connectivity index (χ4v) is 4.11. The van der Waals surface area contributed by atoms with Gasteiger partial charge >= 0.3 is 0 Å². The fraction of sp³-hybridized carbons (Fsp3) is 0.348. The lowest BCUT2D eigenvalue weighted by atomic mass is 9.99. The van der Waals surface area contributed by atoms with Crippen LogP contribution in [0.3, 0.4) is 0 Å². The minimum absolute atomic E-state index is 0.200. The van der Waals surface area contributed by atoms with Gasteiger partial charge in [-0.3, -0.25) is 14.7 Å². The van der Waals surface area contributed by atoms with Gasteiger partial charge in [0.2, 0.25) is 5.91 Å². The average molecular weight is 388 g/mol. The summed E-state index contributed by atoms with van der Waals surface area (Å²) in [6.45, 7) is 4.15. The molecule has 3 heterocycles. The Bertz CT molecular complexity index is 974. The predicted octanol–water partition coefficient (Wildman–Crippen LogP) is 3.11. The Kier molecular flexibility index (Phi) is 4.64. The molecule has 2 fully saturated rings. The zero-order valence-corrected chi connectivity index (χ0v) is 16.3. The summed E-state index contributed by atoms with van der Waals surface area (Å²) in [4.78, 5) is 21.9. The third-order valence-corrected chi connectivity index (χ3v) is 6.01. The van der Waals surface area contributed by atoms with E-state index in [4.69, 9.17) is 4.52 Å². The lowest BCUT2D eigenvalue weighted by Crippen LogP contribution is -2.51. The van der Waals surface area contributed by atoms with E-state index in [9.17, 15) is 4.79 Å². The molecule has 6 nitrogen and oxygen atoms in total. The molecule has 0 atom stereocenters. The Labute approximate surface area is 170 Å². The highest BCUT2D eigenvalue weighted by Crippen LogP contribution is 2.49. The number of amides is 1. The molecule has 2 aliphatic rings. The molecular weight excluding hydrogens is 364 g/mol. The first-order valence-electron chi connectivity index (χ1n) is 10.2. The number of aromatic nitrogens is 2.